The van der Waals surface area contributed by atoms with Crippen molar-refractivity contribution in [3.63, 3.8) is 0 Å². The topological polar surface area (TPSA) is 32.3 Å². The van der Waals surface area contributed by atoms with Crippen LogP contribution in [-0.4, -0.2) is 43.9 Å². The minimum Gasteiger partial charge on any atom is -0.308 e. The van der Waals surface area contributed by atoms with Gasteiger partial charge in [-0.25, -0.2) is 0 Å². The highest BCUT2D eigenvalue weighted by molar-refractivity contribution is 6.42. The minimum atomic E-state index is -0.234. The molecule has 0 saturated heterocycles. The van der Waals surface area contributed by atoms with Crippen molar-refractivity contribution < 1.29 is 4.79 Å². The number of benzene rings is 1. The Labute approximate surface area is 118 Å². The number of hydrogen-bond acceptors (Lipinski definition) is 3. The third-order valence-corrected chi connectivity index (χ3v) is 3.35. The van der Waals surface area contributed by atoms with Crippen LogP contribution >= 0.6 is 23.2 Å². The fraction of sp³-hybridized carbons (Fsp3) is 0.462. The first-order valence-corrected chi connectivity index (χ1v) is 6.54. The van der Waals surface area contributed by atoms with Crippen molar-refractivity contribution in [1.29, 1.82) is 0 Å². The Balaban J connectivity index is 2.60. The summed E-state index contributed by atoms with van der Waals surface area (Å²) in [6, 6.07) is 4.71. The molecule has 0 amide bonds. The van der Waals surface area contributed by atoms with Gasteiger partial charge in [-0.05, 0) is 39.2 Å². The number of carbonyl (C=O) groups excluding carboxylic acids is 1. The van der Waals surface area contributed by atoms with Crippen LogP contribution in [0.15, 0.2) is 18.2 Å². The van der Waals surface area contributed by atoms with Gasteiger partial charge in [0.15, 0.2) is 5.78 Å². The first-order chi connectivity index (χ1) is 8.41. The van der Waals surface area contributed by atoms with Gasteiger partial charge < -0.3 is 10.2 Å². The van der Waals surface area contributed by atoms with Gasteiger partial charge in [-0.3, -0.25) is 4.79 Å². The van der Waals surface area contributed by atoms with E-state index in [1.54, 1.807) is 18.2 Å². The SMILES string of the molecule is CC(NCCN(C)C)C(=O)c1ccc(Cl)c(Cl)c1. The summed E-state index contributed by atoms with van der Waals surface area (Å²) < 4.78 is 0. The summed E-state index contributed by atoms with van der Waals surface area (Å²) in [4.78, 5) is 14.2. The van der Waals surface area contributed by atoms with Crippen molar-refractivity contribution in [1.82, 2.24) is 10.2 Å². The molecule has 1 unspecified atom stereocenters. The highest BCUT2D eigenvalue weighted by Crippen LogP contribution is 2.23. The molecule has 5 heteroatoms. The predicted molar refractivity (Wildman–Crippen MR) is 76.8 cm³/mol. The summed E-state index contributed by atoms with van der Waals surface area (Å²) in [5, 5.41) is 4.04. The van der Waals surface area contributed by atoms with E-state index in [4.69, 9.17) is 23.2 Å². The average Bonchev–Trinajstić information content (AvgIpc) is 2.31. The number of nitrogens with zero attached hydrogens (tertiary/aromatic N) is 1. The lowest BCUT2D eigenvalue weighted by Crippen LogP contribution is -2.38. The van der Waals surface area contributed by atoms with E-state index in [1.807, 2.05) is 21.0 Å². The van der Waals surface area contributed by atoms with Crippen LogP contribution in [0.5, 0.6) is 0 Å². The third-order valence-electron chi connectivity index (χ3n) is 2.61. The maximum absolute atomic E-state index is 12.1. The molecule has 0 heterocycles. The normalized spacial score (nSPS) is 12.8. The van der Waals surface area contributed by atoms with Gasteiger partial charge in [-0.2, -0.15) is 0 Å². The highest BCUT2D eigenvalue weighted by Gasteiger charge is 2.15. The fourth-order valence-corrected chi connectivity index (χ4v) is 1.79. The first-order valence-electron chi connectivity index (χ1n) is 5.79. The zero-order valence-electron chi connectivity index (χ0n) is 10.8. The molecule has 0 fully saturated rings. The van der Waals surface area contributed by atoms with E-state index >= 15 is 0 Å². The number of likely N-dealkylation sites (N-methyl/N-ethyl adjacent to an activating group) is 1. The molecule has 0 spiro atoms. The molecule has 18 heavy (non-hydrogen) atoms. The van der Waals surface area contributed by atoms with Crippen LogP contribution in [0.4, 0.5) is 0 Å². The zero-order valence-corrected chi connectivity index (χ0v) is 12.3. The number of nitrogens with one attached hydrogen (secondary N) is 1. The quantitative estimate of drug-likeness (QED) is 0.817. The Morgan fingerprint density at radius 3 is 2.56 bits per heavy atom. The van der Waals surface area contributed by atoms with Gasteiger partial charge >= 0.3 is 0 Å². The molecule has 0 aliphatic rings. The van der Waals surface area contributed by atoms with E-state index in [0.29, 0.717) is 15.6 Å². The molecule has 1 aromatic carbocycles. The molecular weight excluding hydrogens is 271 g/mol. The molecule has 0 aliphatic carbocycles. The predicted octanol–water partition coefficient (Wildman–Crippen LogP) is 2.72. The van der Waals surface area contributed by atoms with Gasteiger partial charge in [0.2, 0.25) is 0 Å². The van der Waals surface area contributed by atoms with E-state index in [-0.39, 0.29) is 11.8 Å². The van der Waals surface area contributed by atoms with Crippen LogP contribution in [0.2, 0.25) is 10.0 Å². The van der Waals surface area contributed by atoms with Gasteiger partial charge in [0.1, 0.15) is 0 Å². The maximum Gasteiger partial charge on any atom is 0.179 e. The number of rotatable bonds is 6. The molecule has 0 saturated carbocycles. The summed E-state index contributed by atoms with van der Waals surface area (Å²) >= 11 is 11.7. The lowest BCUT2D eigenvalue weighted by molar-refractivity contribution is 0.0950. The summed E-state index contributed by atoms with van der Waals surface area (Å²) in [5.41, 5.74) is 0.578. The average molecular weight is 289 g/mol. The monoisotopic (exact) mass is 288 g/mol. The van der Waals surface area contributed by atoms with Gasteiger partial charge in [-0.15, -0.1) is 0 Å². The minimum absolute atomic E-state index is 0.0207. The summed E-state index contributed by atoms with van der Waals surface area (Å²) in [5.74, 6) is 0.0207. The van der Waals surface area contributed by atoms with E-state index < -0.39 is 0 Å². The Morgan fingerprint density at radius 2 is 2.00 bits per heavy atom. The van der Waals surface area contributed by atoms with Crippen LogP contribution in [-0.2, 0) is 0 Å². The number of hydrogen-bond donors (Lipinski definition) is 1. The van der Waals surface area contributed by atoms with Gasteiger partial charge in [-0.1, -0.05) is 23.2 Å². The van der Waals surface area contributed by atoms with E-state index in [9.17, 15) is 4.79 Å². The van der Waals surface area contributed by atoms with Crippen LogP contribution in [0.25, 0.3) is 0 Å². The highest BCUT2D eigenvalue weighted by atomic mass is 35.5. The van der Waals surface area contributed by atoms with Gasteiger partial charge in [0.25, 0.3) is 0 Å². The molecule has 0 radical (unpaired) electrons. The van der Waals surface area contributed by atoms with Crippen molar-refractivity contribution in [2.24, 2.45) is 0 Å². The Morgan fingerprint density at radius 1 is 1.33 bits per heavy atom. The van der Waals surface area contributed by atoms with Gasteiger partial charge in [0, 0.05) is 18.7 Å². The van der Waals surface area contributed by atoms with Crippen LogP contribution in [0, 0.1) is 0 Å². The largest absolute Gasteiger partial charge is 0.308 e. The maximum atomic E-state index is 12.1. The molecule has 0 bridgehead atoms. The molecule has 1 atom stereocenters. The van der Waals surface area contributed by atoms with Crippen LogP contribution in [0.1, 0.15) is 17.3 Å². The molecule has 1 aromatic rings. The molecule has 100 valence electrons. The molecule has 3 nitrogen and oxygen atoms in total. The molecule has 0 aliphatic heterocycles. The number of ketones is 1. The van der Waals surface area contributed by atoms with Crippen LogP contribution in [0.3, 0.4) is 0 Å². The molecule has 1 rings (SSSR count). The van der Waals surface area contributed by atoms with Crippen molar-refractivity contribution in [3.05, 3.63) is 33.8 Å². The van der Waals surface area contributed by atoms with E-state index in [2.05, 4.69) is 10.2 Å². The zero-order chi connectivity index (χ0) is 13.7. The second-order valence-electron chi connectivity index (χ2n) is 4.47. The summed E-state index contributed by atoms with van der Waals surface area (Å²) in [7, 11) is 3.99. The second-order valence-corrected chi connectivity index (χ2v) is 5.29. The second kappa shape index (κ2) is 7.10. The Kier molecular flexibility index (Phi) is 6.09. The summed E-state index contributed by atoms with van der Waals surface area (Å²) in [6.45, 7) is 3.50. The number of carbonyl (C=O) groups is 1. The number of Topliss-reactive ketones (excluding diaryl/α,β-unsaturated/α-hetero) is 1. The van der Waals surface area contributed by atoms with Crippen molar-refractivity contribution in [2.45, 2.75) is 13.0 Å². The smallest absolute Gasteiger partial charge is 0.179 e. The lowest BCUT2D eigenvalue weighted by atomic mass is 10.1. The van der Waals surface area contributed by atoms with Crippen molar-refractivity contribution in [3.8, 4) is 0 Å². The molecule has 1 N–H and O–H groups in total. The fourth-order valence-electron chi connectivity index (χ4n) is 1.50. The summed E-state index contributed by atoms with van der Waals surface area (Å²) in [6.07, 6.45) is 0. The lowest BCUT2D eigenvalue weighted by Gasteiger charge is -2.15. The third kappa shape index (κ3) is 4.58. The molecular formula is C13H18Cl2N2O. The first kappa shape index (κ1) is 15.4. The van der Waals surface area contributed by atoms with E-state index in [0.717, 1.165) is 13.1 Å². The Hall–Kier alpha value is -0.610. The number of halogens is 2. The van der Waals surface area contributed by atoms with Gasteiger partial charge in [0.05, 0.1) is 16.1 Å². The van der Waals surface area contributed by atoms with Crippen molar-refractivity contribution >= 4 is 29.0 Å². The van der Waals surface area contributed by atoms with Crippen LogP contribution < -0.4 is 5.32 Å². The van der Waals surface area contributed by atoms with Crippen molar-refractivity contribution in [2.75, 3.05) is 27.2 Å². The Bertz CT molecular complexity index is 421. The van der Waals surface area contributed by atoms with E-state index in [1.165, 1.54) is 0 Å². The molecule has 0 aromatic heterocycles. The standard InChI is InChI=1S/C13H18Cl2N2O/c1-9(16-6-7-17(2)3)13(18)10-4-5-11(14)12(15)8-10/h4-5,8-9,16H,6-7H2,1-3H3.